The highest BCUT2D eigenvalue weighted by Crippen LogP contribution is 2.18. The number of nitrogens with one attached hydrogen (secondary N) is 1. The summed E-state index contributed by atoms with van der Waals surface area (Å²) in [5.41, 5.74) is 0.958. The summed E-state index contributed by atoms with van der Waals surface area (Å²) in [4.78, 5) is 22.9. The summed E-state index contributed by atoms with van der Waals surface area (Å²) in [5.74, 6) is 1.78. The van der Waals surface area contributed by atoms with E-state index in [4.69, 9.17) is 0 Å². The number of anilines is 1. The number of unbranched alkanes of at least 4 members (excludes halogenated alkanes) is 1. The van der Waals surface area contributed by atoms with Crippen molar-refractivity contribution >= 4 is 11.7 Å². The number of hydrogen-bond donors (Lipinski definition) is 1. The van der Waals surface area contributed by atoms with Crippen molar-refractivity contribution in [3.05, 3.63) is 17.6 Å². The van der Waals surface area contributed by atoms with Gasteiger partial charge in [0.2, 0.25) is 5.91 Å². The van der Waals surface area contributed by atoms with Gasteiger partial charge in [-0.15, -0.1) is 0 Å². The van der Waals surface area contributed by atoms with Gasteiger partial charge >= 0.3 is 0 Å². The molecule has 5 nitrogen and oxygen atoms in total. The number of carbonyl (C=O) groups is 1. The molecule has 2 heterocycles. The van der Waals surface area contributed by atoms with Crippen molar-refractivity contribution in [1.82, 2.24) is 15.3 Å². The van der Waals surface area contributed by atoms with Gasteiger partial charge in [-0.05, 0) is 26.2 Å². The van der Waals surface area contributed by atoms with E-state index in [9.17, 15) is 4.79 Å². The summed E-state index contributed by atoms with van der Waals surface area (Å²) in [6.07, 6.45) is 5.01. The van der Waals surface area contributed by atoms with Gasteiger partial charge in [0.05, 0.1) is 6.54 Å². The number of aromatic nitrogens is 2. The van der Waals surface area contributed by atoms with E-state index in [0.717, 1.165) is 37.4 Å². The third kappa shape index (κ3) is 4.18. The van der Waals surface area contributed by atoms with E-state index in [-0.39, 0.29) is 5.91 Å². The lowest BCUT2D eigenvalue weighted by molar-refractivity contribution is -0.121. The normalized spacial score (nSPS) is 14.6. The van der Waals surface area contributed by atoms with Gasteiger partial charge in [-0.2, -0.15) is 0 Å². The average molecular weight is 276 g/mol. The van der Waals surface area contributed by atoms with E-state index in [1.165, 1.54) is 12.8 Å². The molecule has 1 aromatic heterocycles. The maximum atomic E-state index is 11.6. The van der Waals surface area contributed by atoms with Crippen LogP contribution in [0.3, 0.4) is 0 Å². The molecule has 1 saturated heterocycles. The van der Waals surface area contributed by atoms with Crippen LogP contribution in [0.4, 0.5) is 5.82 Å². The maximum Gasteiger partial charge on any atom is 0.220 e. The highest BCUT2D eigenvalue weighted by Gasteiger charge is 2.15. The molecule has 1 fully saturated rings. The third-order valence-corrected chi connectivity index (χ3v) is 3.52. The summed E-state index contributed by atoms with van der Waals surface area (Å²) < 4.78 is 0. The fourth-order valence-corrected chi connectivity index (χ4v) is 2.40. The molecular formula is C15H24N4O. The number of rotatable bonds is 6. The predicted molar refractivity (Wildman–Crippen MR) is 79.6 cm³/mol. The Bertz CT molecular complexity index is 455. The maximum absolute atomic E-state index is 11.6. The van der Waals surface area contributed by atoms with Gasteiger partial charge in [-0.1, -0.05) is 13.3 Å². The van der Waals surface area contributed by atoms with Crippen molar-refractivity contribution in [2.45, 2.75) is 52.5 Å². The molecule has 1 N–H and O–H groups in total. The van der Waals surface area contributed by atoms with Gasteiger partial charge in [-0.3, -0.25) is 4.79 Å². The third-order valence-electron chi connectivity index (χ3n) is 3.52. The van der Waals surface area contributed by atoms with Crippen molar-refractivity contribution in [2.75, 3.05) is 18.0 Å². The Kier molecular flexibility index (Phi) is 5.32. The van der Waals surface area contributed by atoms with Crippen LogP contribution < -0.4 is 10.2 Å². The Balaban J connectivity index is 1.95. The Hall–Kier alpha value is -1.65. The van der Waals surface area contributed by atoms with Crippen LogP contribution in [0.15, 0.2) is 6.07 Å². The quantitative estimate of drug-likeness (QED) is 0.865. The molecule has 0 spiro atoms. The summed E-state index contributed by atoms with van der Waals surface area (Å²) in [7, 11) is 0. The predicted octanol–water partition coefficient (Wildman–Crippen LogP) is 2.19. The zero-order valence-electron chi connectivity index (χ0n) is 12.5. The van der Waals surface area contributed by atoms with Gasteiger partial charge in [-0.25, -0.2) is 9.97 Å². The van der Waals surface area contributed by atoms with E-state index in [2.05, 4.69) is 27.1 Å². The smallest absolute Gasteiger partial charge is 0.220 e. The molecule has 0 radical (unpaired) electrons. The van der Waals surface area contributed by atoms with E-state index >= 15 is 0 Å². The molecule has 0 aromatic carbocycles. The zero-order valence-corrected chi connectivity index (χ0v) is 12.5. The average Bonchev–Trinajstić information content (AvgIpc) is 2.96. The molecule has 1 amide bonds. The van der Waals surface area contributed by atoms with E-state index in [1.807, 2.05) is 13.0 Å². The van der Waals surface area contributed by atoms with Gasteiger partial charge in [0, 0.05) is 31.3 Å². The van der Waals surface area contributed by atoms with Crippen LogP contribution in [0.1, 0.15) is 50.5 Å². The summed E-state index contributed by atoms with van der Waals surface area (Å²) in [6, 6.07) is 2.02. The van der Waals surface area contributed by atoms with Crippen molar-refractivity contribution in [2.24, 2.45) is 0 Å². The largest absolute Gasteiger partial charge is 0.357 e. The lowest BCUT2D eigenvalue weighted by atomic mass is 10.2. The Morgan fingerprint density at radius 3 is 2.80 bits per heavy atom. The van der Waals surface area contributed by atoms with Crippen molar-refractivity contribution in [3.63, 3.8) is 0 Å². The van der Waals surface area contributed by atoms with Crippen molar-refractivity contribution in [3.8, 4) is 0 Å². The lowest BCUT2D eigenvalue weighted by Crippen LogP contribution is -2.25. The molecule has 20 heavy (non-hydrogen) atoms. The minimum atomic E-state index is 0.0830. The van der Waals surface area contributed by atoms with Crippen LogP contribution in [-0.2, 0) is 11.3 Å². The molecule has 0 atom stereocenters. The first-order valence-corrected chi connectivity index (χ1v) is 7.55. The molecule has 110 valence electrons. The van der Waals surface area contributed by atoms with Crippen LogP contribution in [0.5, 0.6) is 0 Å². The number of amides is 1. The van der Waals surface area contributed by atoms with Gasteiger partial charge in [0.25, 0.3) is 0 Å². The molecular weight excluding hydrogens is 252 g/mol. The minimum Gasteiger partial charge on any atom is -0.357 e. The van der Waals surface area contributed by atoms with Crippen LogP contribution in [0.25, 0.3) is 0 Å². The van der Waals surface area contributed by atoms with Crippen LogP contribution in [0, 0.1) is 6.92 Å². The number of aryl methyl sites for hydroxylation is 1. The summed E-state index contributed by atoms with van der Waals surface area (Å²) in [5, 5.41) is 2.90. The Morgan fingerprint density at radius 2 is 2.10 bits per heavy atom. The van der Waals surface area contributed by atoms with E-state index < -0.39 is 0 Å². The van der Waals surface area contributed by atoms with Crippen molar-refractivity contribution in [1.29, 1.82) is 0 Å². The van der Waals surface area contributed by atoms with Gasteiger partial charge in [0.1, 0.15) is 11.6 Å². The first-order chi connectivity index (χ1) is 9.69. The summed E-state index contributed by atoms with van der Waals surface area (Å²) in [6.45, 7) is 6.62. The second-order valence-electron chi connectivity index (χ2n) is 5.36. The monoisotopic (exact) mass is 276 g/mol. The molecule has 0 unspecified atom stereocenters. The minimum absolute atomic E-state index is 0.0830. The highest BCUT2D eigenvalue weighted by molar-refractivity contribution is 5.75. The van der Waals surface area contributed by atoms with Crippen LogP contribution in [-0.4, -0.2) is 29.0 Å². The lowest BCUT2D eigenvalue weighted by Gasteiger charge is -2.17. The fraction of sp³-hybridized carbons (Fsp3) is 0.667. The second-order valence-corrected chi connectivity index (χ2v) is 5.36. The number of hydrogen-bond acceptors (Lipinski definition) is 4. The molecule has 1 aliphatic heterocycles. The van der Waals surface area contributed by atoms with E-state index in [1.54, 1.807) is 0 Å². The molecule has 1 aromatic rings. The van der Waals surface area contributed by atoms with Crippen molar-refractivity contribution < 1.29 is 4.79 Å². The Labute approximate surface area is 120 Å². The molecule has 0 saturated carbocycles. The molecule has 0 aliphatic carbocycles. The Morgan fingerprint density at radius 1 is 1.35 bits per heavy atom. The standard InChI is InChI=1S/C15H24N4O/c1-3-4-7-15(20)16-11-13-17-12(2)10-14(18-13)19-8-5-6-9-19/h10H,3-9,11H2,1-2H3,(H,16,20). The van der Waals surface area contributed by atoms with Crippen LogP contribution in [0.2, 0.25) is 0 Å². The number of carbonyl (C=O) groups excluding carboxylic acids is 1. The molecule has 5 heteroatoms. The van der Waals surface area contributed by atoms with Crippen LogP contribution >= 0.6 is 0 Å². The molecule has 0 bridgehead atoms. The SMILES string of the molecule is CCCCC(=O)NCc1nc(C)cc(N2CCCC2)n1. The number of nitrogens with zero attached hydrogens (tertiary/aromatic N) is 3. The zero-order chi connectivity index (χ0) is 14.4. The molecule has 1 aliphatic rings. The highest BCUT2D eigenvalue weighted by atomic mass is 16.1. The first-order valence-electron chi connectivity index (χ1n) is 7.55. The van der Waals surface area contributed by atoms with Gasteiger partial charge < -0.3 is 10.2 Å². The molecule has 2 rings (SSSR count). The fourth-order valence-electron chi connectivity index (χ4n) is 2.40. The first kappa shape index (κ1) is 14.8. The van der Waals surface area contributed by atoms with E-state index in [0.29, 0.717) is 18.8 Å². The topological polar surface area (TPSA) is 58.1 Å². The van der Waals surface area contributed by atoms with Gasteiger partial charge in [0.15, 0.2) is 0 Å². The second kappa shape index (κ2) is 7.22. The summed E-state index contributed by atoms with van der Waals surface area (Å²) >= 11 is 0.